The van der Waals surface area contributed by atoms with Crippen LogP contribution in [0.2, 0.25) is 0 Å². The van der Waals surface area contributed by atoms with E-state index in [0.29, 0.717) is 17.9 Å². The van der Waals surface area contributed by atoms with Gasteiger partial charge in [-0.05, 0) is 24.8 Å². The van der Waals surface area contributed by atoms with Crippen LogP contribution in [0, 0.1) is 5.92 Å². The molecule has 17 heavy (non-hydrogen) atoms. The number of pyridine rings is 1. The molecule has 2 aliphatic heterocycles. The van der Waals surface area contributed by atoms with Crippen LogP contribution in [0.3, 0.4) is 0 Å². The molecule has 3 heteroatoms. The van der Waals surface area contributed by atoms with Crippen LogP contribution in [0.5, 0.6) is 0 Å². The molecule has 1 N–H and O–H groups in total. The fourth-order valence-corrected chi connectivity index (χ4v) is 3.28. The van der Waals surface area contributed by atoms with Gasteiger partial charge in [0, 0.05) is 36.8 Å². The molecule has 3 nitrogen and oxygen atoms in total. The highest BCUT2D eigenvalue weighted by Gasteiger charge is 2.35. The maximum atomic E-state index is 11.9. The van der Waals surface area contributed by atoms with E-state index < -0.39 is 0 Å². The largest absolute Gasteiger partial charge is 0.313 e. The van der Waals surface area contributed by atoms with E-state index in [-0.39, 0.29) is 5.56 Å². The maximum absolute atomic E-state index is 11.9. The molecule has 2 aliphatic rings. The SMILES string of the molecule is C=CC[C@H]1NC[C@H]2C[C@@H]1Cn1c2cccc1=O. The minimum atomic E-state index is 0.149. The Morgan fingerprint density at radius 2 is 2.41 bits per heavy atom. The molecule has 3 heterocycles. The van der Waals surface area contributed by atoms with Crippen LogP contribution in [0.15, 0.2) is 35.6 Å². The van der Waals surface area contributed by atoms with Gasteiger partial charge in [-0.2, -0.15) is 0 Å². The van der Waals surface area contributed by atoms with E-state index in [1.807, 2.05) is 16.7 Å². The van der Waals surface area contributed by atoms with Crippen LogP contribution in [-0.2, 0) is 6.54 Å². The maximum Gasteiger partial charge on any atom is 0.250 e. The molecule has 1 aromatic heterocycles. The van der Waals surface area contributed by atoms with E-state index >= 15 is 0 Å². The van der Waals surface area contributed by atoms with Crippen molar-refractivity contribution in [1.29, 1.82) is 0 Å². The number of rotatable bonds is 2. The van der Waals surface area contributed by atoms with Crippen molar-refractivity contribution in [1.82, 2.24) is 9.88 Å². The first kappa shape index (κ1) is 10.8. The Morgan fingerprint density at radius 3 is 3.24 bits per heavy atom. The van der Waals surface area contributed by atoms with Gasteiger partial charge in [0.25, 0.3) is 5.56 Å². The van der Waals surface area contributed by atoms with Crippen LogP contribution in [0.4, 0.5) is 0 Å². The molecular weight excluding hydrogens is 212 g/mol. The molecule has 3 atom stereocenters. The average Bonchev–Trinajstić information content (AvgIpc) is 2.34. The van der Waals surface area contributed by atoms with Crippen molar-refractivity contribution in [3.05, 3.63) is 46.9 Å². The minimum absolute atomic E-state index is 0.149. The second-order valence-electron chi connectivity index (χ2n) is 5.13. The first-order valence-electron chi connectivity index (χ1n) is 6.33. The summed E-state index contributed by atoms with van der Waals surface area (Å²) in [6.07, 6.45) is 4.17. The second-order valence-corrected chi connectivity index (χ2v) is 5.13. The summed E-state index contributed by atoms with van der Waals surface area (Å²) in [5, 5.41) is 3.60. The summed E-state index contributed by atoms with van der Waals surface area (Å²) in [5.74, 6) is 1.07. The molecule has 1 saturated heterocycles. The molecule has 0 saturated carbocycles. The lowest BCUT2D eigenvalue weighted by Gasteiger charge is -2.42. The lowest BCUT2D eigenvalue weighted by atomic mass is 9.78. The van der Waals surface area contributed by atoms with E-state index in [9.17, 15) is 4.79 Å². The lowest BCUT2D eigenvalue weighted by Crippen LogP contribution is -2.50. The number of nitrogens with zero attached hydrogens (tertiary/aromatic N) is 1. The monoisotopic (exact) mass is 230 g/mol. The molecule has 3 rings (SSSR count). The van der Waals surface area contributed by atoms with Crippen molar-refractivity contribution in [2.24, 2.45) is 5.92 Å². The van der Waals surface area contributed by atoms with Gasteiger partial charge in [0.15, 0.2) is 0 Å². The zero-order valence-corrected chi connectivity index (χ0v) is 9.93. The van der Waals surface area contributed by atoms with E-state index in [4.69, 9.17) is 0 Å². The predicted octanol–water partition coefficient (Wildman–Crippen LogP) is 1.50. The molecule has 0 aliphatic carbocycles. The van der Waals surface area contributed by atoms with Crippen LogP contribution in [0.1, 0.15) is 24.5 Å². The Bertz CT molecular complexity index is 491. The third-order valence-electron chi connectivity index (χ3n) is 4.12. The summed E-state index contributed by atoms with van der Waals surface area (Å²) < 4.78 is 1.97. The van der Waals surface area contributed by atoms with Gasteiger partial charge < -0.3 is 9.88 Å². The lowest BCUT2D eigenvalue weighted by molar-refractivity contribution is 0.194. The van der Waals surface area contributed by atoms with Gasteiger partial charge >= 0.3 is 0 Å². The first-order chi connectivity index (χ1) is 8.29. The first-order valence-corrected chi connectivity index (χ1v) is 6.33. The third-order valence-corrected chi connectivity index (χ3v) is 4.12. The van der Waals surface area contributed by atoms with Crippen molar-refractivity contribution in [2.75, 3.05) is 6.54 Å². The Morgan fingerprint density at radius 1 is 1.53 bits per heavy atom. The number of hydrogen-bond donors (Lipinski definition) is 1. The van der Waals surface area contributed by atoms with Crippen molar-refractivity contribution in [3.63, 3.8) is 0 Å². The number of fused-ring (bicyclic) bond motifs is 4. The van der Waals surface area contributed by atoms with Gasteiger partial charge in [0.05, 0.1) is 0 Å². The molecule has 1 aromatic rings. The molecule has 2 bridgehead atoms. The van der Waals surface area contributed by atoms with Crippen molar-refractivity contribution >= 4 is 0 Å². The summed E-state index contributed by atoms with van der Waals surface area (Å²) in [4.78, 5) is 11.9. The second kappa shape index (κ2) is 4.15. The third kappa shape index (κ3) is 1.75. The van der Waals surface area contributed by atoms with E-state index in [1.54, 1.807) is 6.07 Å². The topological polar surface area (TPSA) is 34.0 Å². The quantitative estimate of drug-likeness (QED) is 0.781. The van der Waals surface area contributed by atoms with E-state index in [2.05, 4.69) is 18.0 Å². The summed E-state index contributed by atoms with van der Waals surface area (Å²) in [5.41, 5.74) is 1.36. The van der Waals surface area contributed by atoms with Gasteiger partial charge in [-0.25, -0.2) is 0 Å². The molecule has 1 fully saturated rings. The molecular formula is C14H18N2O. The number of aromatic nitrogens is 1. The number of hydrogen-bond acceptors (Lipinski definition) is 2. The summed E-state index contributed by atoms with van der Waals surface area (Å²) in [6.45, 7) is 5.66. The molecule has 0 unspecified atom stereocenters. The van der Waals surface area contributed by atoms with Crippen LogP contribution in [-0.4, -0.2) is 17.2 Å². The van der Waals surface area contributed by atoms with Crippen molar-refractivity contribution < 1.29 is 0 Å². The van der Waals surface area contributed by atoms with Gasteiger partial charge in [0.1, 0.15) is 0 Å². The minimum Gasteiger partial charge on any atom is -0.313 e. The smallest absolute Gasteiger partial charge is 0.250 e. The Kier molecular flexibility index (Phi) is 2.63. The van der Waals surface area contributed by atoms with Gasteiger partial charge in [-0.1, -0.05) is 12.1 Å². The van der Waals surface area contributed by atoms with Crippen LogP contribution in [0.25, 0.3) is 0 Å². The predicted molar refractivity (Wildman–Crippen MR) is 68.2 cm³/mol. The number of nitrogens with one attached hydrogen (secondary N) is 1. The van der Waals surface area contributed by atoms with Crippen LogP contribution >= 0.6 is 0 Å². The Labute approximate surface area is 101 Å². The summed E-state index contributed by atoms with van der Waals surface area (Å²) >= 11 is 0. The van der Waals surface area contributed by atoms with Crippen molar-refractivity contribution in [2.45, 2.75) is 31.3 Å². The highest BCUT2D eigenvalue weighted by Crippen LogP contribution is 2.35. The summed E-state index contributed by atoms with van der Waals surface area (Å²) in [7, 11) is 0. The van der Waals surface area contributed by atoms with Gasteiger partial charge in [0.2, 0.25) is 0 Å². The van der Waals surface area contributed by atoms with Crippen LogP contribution < -0.4 is 10.9 Å². The zero-order chi connectivity index (χ0) is 11.8. The van der Waals surface area contributed by atoms with E-state index in [1.165, 1.54) is 12.1 Å². The summed E-state index contributed by atoms with van der Waals surface area (Å²) in [6, 6.07) is 6.13. The fourth-order valence-electron chi connectivity index (χ4n) is 3.28. The van der Waals surface area contributed by atoms with Crippen molar-refractivity contribution in [3.8, 4) is 0 Å². The Balaban J connectivity index is 1.97. The van der Waals surface area contributed by atoms with E-state index in [0.717, 1.165) is 19.5 Å². The van der Waals surface area contributed by atoms with Gasteiger partial charge in [-0.15, -0.1) is 6.58 Å². The molecule has 0 amide bonds. The Hall–Kier alpha value is -1.35. The average molecular weight is 230 g/mol. The highest BCUT2D eigenvalue weighted by atomic mass is 16.1. The van der Waals surface area contributed by atoms with Gasteiger partial charge in [-0.3, -0.25) is 4.79 Å². The standard InChI is InChI=1S/C14H18N2O/c1-2-4-12-11-7-10(8-15-12)13-5-3-6-14(17)16(13)9-11/h2-3,5-6,10-12,15H,1,4,7-9H2/t10-,11-,12-/m1/s1. The fraction of sp³-hybridized carbons (Fsp3) is 0.500. The molecule has 90 valence electrons. The zero-order valence-electron chi connectivity index (χ0n) is 9.93. The molecule has 0 aromatic carbocycles. The molecule has 0 spiro atoms. The number of piperidine rings is 1. The molecule has 0 radical (unpaired) electrons. The normalized spacial score (nSPS) is 30.7. The highest BCUT2D eigenvalue weighted by molar-refractivity contribution is 5.17.